The molecule has 3 aromatic rings. The lowest BCUT2D eigenvalue weighted by atomic mass is 9.87. The fourth-order valence-corrected chi connectivity index (χ4v) is 3.32. The first-order chi connectivity index (χ1) is 12.0. The Balaban J connectivity index is 1.76. The van der Waals surface area contributed by atoms with Gasteiger partial charge in [-0.25, -0.2) is 0 Å². The van der Waals surface area contributed by atoms with Crippen molar-refractivity contribution < 1.29 is 0 Å². The molecule has 0 spiro atoms. The summed E-state index contributed by atoms with van der Waals surface area (Å²) >= 11 is 0. The molecule has 0 aliphatic rings. The van der Waals surface area contributed by atoms with E-state index in [4.69, 9.17) is 0 Å². The average molecular weight is 332 g/mol. The smallest absolute Gasteiger partial charge is 0.0243 e. The molecular weight excluding hydrogens is 302 g/mol. The summed E-state index contributed by atoms with van der Waals surface area (Å²) in [7, 11) is 0. The molecule has 0 saturated carbocycles. The Morgan fingerprint density at radius 2 is 1.44 bits per heavy atom. The van der Waals surface area contributed by atoms with Crippen LogP contribution in [0.4, 0.5) is 0 Å². The van der Waals surface area contributed by atoms with Gasteiger partial charge in [0.25, 0.3) is 0 Å². The first-order valence-corrected chi connectivity index (χ1v) is 9.26. The molecule has 25 heavy (non-hydrogen) atoms. The largest absolute Gasteiger partial charge is 0.295 e. The van der Waals surface area contributed by atoms with Gasteiger partial charge in [-0.15, -0.1) is 0 Å². The van der Waals surface area contributed by atoms with Gasteiger partial charge in [-0.3, -0.25) is 4.90 Å². The zero-order valence-electron chi connectivity index (χ0n) is 15.9. The molecule has 0 N–H and O–H groups in total. The molecule has 3 aromatic carbocycles. The molecule has 0 bridgehead atoms. The van der Waals surface area contributed by atoms with E-state index in [1.54, 1.807) is 0 Å². The van der Waals surface area contributed by atoms with Gasteiger partial charge in [0, 0.05) is 13.1 Å². The van der Waals surface area contributed by atoms with Crippen molar-refractivity contribution in [2.24, 2.45) is 0 Å². The number of hydrogen-bond acceptors (Lipinski definition) is 1. The fraction of sp³-hybridized carbons (Fsp3) is 0.333. The highest BCUT2D eigenvalue weighted by atomic mass is 15.1. The molecule has 0 amide bonds. The summed E-state index contributed by atoms with van der Waals surface area (Å²) in [6.07, 6.45) is 0. The molecule has 130 valence electrons. The van der Waals surface area contributed by atoms with Crippen molar-refractivity contribution in [3.8, 4) is 0 Å². The second-order valence-corrected chi connectivity index (χ2v) is 7.89. The number of hydrogen-bond donors (Lipinski definition) is 0. The highest BCUT2D eigenvalue weighted by Gasteiger charge is 2.13. The van der Waals surface area contributed by atoms with Crippen molar-refractivity contribution in [2.75, 3.05) is 6.54 Å². The Labute approximate surface area is 152 Å². The monoisotopic (exact) mass is 331 g/mol. The zero-order chi connectivity index (χ0) is 17.9. The van der Waals surface area contributed by atoms with Crippen LogP contribution in [0.2, 0.25) is 0 Å². The van der Waals surface area contributed by atoms with Crippen LogP contribution in [0.3, 0.4) is 0 Å². The third-order valence-corrected chi connectivity index (χ3v) is 4.95. The summed E-state index contributed by atoms with van der Waals surface area (Å²) < 4.78 is 0. The summed E-state index contributed by atoms with van der Waals surface area (Å²) in [6, 6.07) is 24.4. The van der Waals surface area contributed by atoms with Gasteiger partial charge in [0.05, 0.1) is 0 Å². The molecule has 3 rings (SSSR count). The van der Waals surface area contributed by atoms with E-state index in [1.807, 2.05) is 0 Å². The van der Waals surface area contributed by atoms with E-state index < -0.39 is 0 Å². The van der Waals surface area contributed by atoms with E-state index in [2.05, 4.69) is 99.3 Å². The van der Waals surface area contributed by atoms with Gasteiger partial charge in [0.1, 0.15) is 0 Å². The van der Waals surface area contributed by atoms with Crippen molar-refractivity contribution in [3.05, 3.63) is 83.4 Å². The Kier molecular flexibility index (Phi) is 5.24. The van der Waals surface area contributed by atoms with Crippen LogP contribution in [0.15, 0.2) is 66.7 Å². The SMILES string of the molecule is CCN(Cc1ccc(C(C)(C)C)cc1)Cc1cccc2ccccc12. The molecule has 1 nitrogen and oxygen atoms in total. The molecule has 0 aromatic heterocycles. The van der Waals surface area contributed by atoms with E-state index in [9.17, 15) is 0 Å². The summed E-state index contributed by atoms with van der Waals surface area (Å²) in [5.74, 6) is 0. The minimum absolute atomic E-state index is 0.214. The standard InChI is InChI=1S/C24H29N/c1-5-25(17-19-13-15-22(16-14-19)24(2,3)4)18-21-11-8-10-20-9-6-7-12-23(20)21/h6-16H,5,17-18H2,1-4H3. The molecule has 0 aliphatic carbocycles. The molecule has 0 saturated heterocycles. The number of fused-ring (bicyclic) bond motifs is 1. The van der Waals surface area contributed by atoms with Crippen molar-refractivity contribution >= 4 is 10.8 Å². The van der Waals surface area contributed by atoms with Gasteiger partial charge in [-0.2, -0.15) is 0 Å². The Bertz CT molecular complexity index is 819. The molecular formula is C24H29N. The van der Waals surface area contributed by atoms with Crippen LogP contribution in [-0.2, 0) is 18.5 Å². The van der Waals surface area contributed by atoms with E-state index >= 15 is 0 Å². The zero-order valence-corrected chi connectivity index (χ0v) is 15.9. The number of benzene rings is 3. The summed E-state index contributed by atoms with van der Waals surface area (Å²) in [6.45, 7) is 12.1. The lowest BCUT2D eigenvalue weighted by Crippen LogP contribution is -2.22. The maximum Gasteiger partial charge on any atom is 0.0243 e. The van der Waals surface area contributed by atoms with Crippen molar-refractivity contribution in [2.45, 2.75) is 46.2 Å². The predicted molar refractivity (Wildman–Crippen MR) is 109 cm³/mol. The molecule has 0 heterocycles. The summed E-state index contributed by atoms with van der Waals surface area (Å²) in [5.41, 5.74) is 4.40. The second-order valence-electron chi connectivity index (χ2n) is 7.89. The normalized spacial score (nSPS) is 12.0. The lowest BCUT2D eigenvalue weighted by Gasteiger charge is -2.23. The first-order valence-electron chi connectivity index (χ1n) is 9.26. The van der Waals surface area contributed by atoms with Gasteiger partial charge in [0.2, 0.25) is 0 Å². The van der Waals surface area contributed by atoms with Crippen LogP contribution in [0, 0.1) is 0 Å². The van der Waals surface area contributed by atoms with Crippen LogP contribution in [0.5, 0.6) is 0 Å². The Morgan fingerprint density at radius 1 is 0.760 bits per heavy atom. The van der Waals surface area contributed by atoms with Crippen LogP contribution in [0.1, 0.15) is 44.4 Å². The van der Waals surface area contributed by atoms with Gasteiger partial charge < -0.3 is 0 Å². The summed E-state index contributed by atoms with van der Waals surface area (Å²) in [4.78, 5) is 2.51. The third kappa shape index (κ3) is 4.29. The highest BCUT2D eigenvalue weighted by Crippen LogP contribution is 2.24. The molecule has 0 unspecified atom stereocenters. The molecule has 0 radical (unpaired) electrons. The van der Waals surface area contributed by atoms with Crippen LogP contribution in [0.25, 0.3) is 10.8 Å². The highest BCUT2D eigenvalue weighted by molar-refractivity contribution is 5.85. The molecule has 0 fully saturated rings. The quantitative estimate of drug-likeness (QED) is 0.541. The van der Waals surface area contributed by atoms with Crippen LogP contribution < -0.4 is 0 Å². The third-order valence-electron chi connectivity index (χ3n) is 4.95. The predicted octanol–water partition coefficient (Wildman–Crippen LogP) is 6.16. The van der Waals surface area contributed by atoms with Crippen LogP contribution >= 0.6 is 0 Å². The van der Waals surface area contributed by atoms with Crippen molar-refractivity contribution in [1.82, 2.24) is 4.90 Å². The fourth-order valence-electron chi connectivity index (χ4n) is 3.32. The number of rotatable bonds is 5. The van der Waals surface area contributed by atoms with Crippen molar-refractivity contribution in [3.63, 3.8) is 0 Å². The maximum absolute atomic E-state index is 2.51. The minimum atomic E-state index is 0.214. The second kappa shape index (κ2) is 7.41. The van der Waals surface area contributed by atoms with E-state index in [-0.39, 0.29) is 5.41 Å². The van der Waals surface area contributed by atoms with Crippen molar-refractivity contribution in [1.29, 1.82) is 0 Å². The van der Waals surface area contributed by atoms with Gasteiger partial charge in [0.15, 0.2) is 0 Å². The Hall–Kier alpha value is -2.12. The first kappa shape index (κ1) is 17.7. The lowest BCUT2D eigenvalue weighted by molar-refractivity contribution is 0.272. The molecule has 0 atom stereocenters. The number of nitrogens with zero attached hydrogens (tertiary/aromatic N) is 1. The molecule has 0 aliphatic heterocycles. The molecule has 1 heteroatoms. The topological polar surface area (TPSA) is 3.24 Å². The Morgan fingerprint density at radius 3 is 2.12 bits per heavy atom. The van der Waals surface area contributed by atoms with Gasteiger partial charge in [-0.05, 0) is 39.4 Å². The van der Waals surface area contributed by atoms with Gasteiger partial charge >= 0.3 is 0 Å². The minimum Gasteiger partial charge on any atom is -0.295 e. The van der Waals surface area contributed by atoms with E-state index in [0.29, 0.717) is 0 Å². The van der Waals surface area contributed by atoms with E-state index in [1.165, 1.54) is 27.5 Å². The van der Waals surface area contributed by atoms with Crippen LogP contribution in [-0.4, -0.2) is 11.4 Å². The van der Waals surface area contributed by atoms with E-state index in [0.717, 1.165) is 19.6 Å². The maximum atomic E-state index is 2.51. The average Bonchev–Trinajstić information content (AvgIpc) is 2.61. The summed E-state index contributed by atoms with van der Waals surface area (Å²) in [5, 5.41) is 2.69. The van der Waals surface area contributed by atoms with Gasteiger partial charge in [-0.1, -0.05) is 94.4 Å².